The molecule has 1 saturated heterocycles. The summed E-state index contributed by atoms with van der Waals surface area (Å²) in [5, 5.41) is 13.2. The number of thiophene rings is 1. The first-order valence-corrected chi connectivity index (χ1v) is 13.7. The van der Waals surface area contributed by atoms with Gasteiger partial charge in [0.15, 0.2) is 9.84 Å². The molecule has 4 heterocycles. The monoisotopic (exact) mass is 509 g/mol. The summed E-state index contributed by atoms with van der Waals surface area (Å²) in [5.74, 6) is 0.333. The van der Waals surface area contributed by atoms with Crippen LogP contribution in [0.4, 0.5) is 5.82 Å². The van der Waals surface area contributed by atoms with Gasteiger partial charge in [-0.2, -0.15) is 0 Å². The van der Waals surface area contributed by atoms with Crippen molar-refractivity contribution in [2.24, 2.45) is 0 Å². The second kappa shape index (κ2) is 9.68. The van der Waals surface area contributed by atoms with E-state index in [1.807, 2.05) is 42.5 Å². The second-order valence-electron chi connectivity index (χ2n) is 8.21. The first-order valence-electron chi connectivity index (χ1n) is 11.1. The van der Waals surface area contributed by atoms with Crippen LogP contribution in [-0.2, 0) is 9.84 Å². The molecule has 1 fully saturated rings. The first-order chi connectivity index (χ1) is 16.9. The fourth-order valence-electron chi connectivity index (χ4n) is 3.93. The van der Waals surface area contributed by atoms with E-state index in [0.717, 1.165) is 26.2 Å². The molecular weight excluding hydrogens is 486 g/mol. The van der Waals surface area contributed by atoms with Gasteiger partial charge in [-0.3, -0.25) is 9.78 Å². The van der Waals surface area contributed by atoms with Crippen molar-refractivity contribution in [2.75, 3.05) is 36.5 Å². The molecule has 0 radical (unpaired) electrons. The van der Waals surface area contributed by atoms with Crippen molar-refractivity contribution in [2.45, 2.75) is 6.04 Å². The standard InChI is InChI=1S/C24H23N5O4S2/c30-14-20(16-4-2-1-3-5-16)28-23-22-19(26-15-27-23)12-21(34-22)17-6-7-18(25-13-17)24(31)29-8-10-35(32,33)11-9-29/h1-7,12-13,15,20,30H,8-11,14H2,(H,26,27,28)/t20-/m1/s1. The average Bonchev–Trinajstić information content (AvgIpc) is 3.33. The van der Waals surface area contributed by atoms with Crippen molar-refractivity contribution < 1.29 is 18.3 Å². The largest absolute Gasteiger partial charge is 0.394 e. The van der Waals surface area contributed by atoms with E-state index in [-0.39, 0.29) is 48.8 Å². The fraction of sp³-hybridized carbons (Fsp3) is 0.250. The number of sulfone groups is 1. The molecule has 11 heteroatoms. The number of benzene rings is 1. The smallest absolute Gasteiger partial charge is 0.272 e. The van der Waals surface area contributed by atoms with Gasteiger partial charge in [0.05, 0.1) is 34.4 Å². The van der Waals surface area contributed by atoms with Gasteiger partial charge in [-0.1, -0.05) is 30.3 Å². The van der Waals surface area contributed by atoms with Gasteiger partial charge in [0.25, 0.3) is 5.91 Å². The van der Waals surface area contributed by atoms with Crippen molar-refractivity contribution in [3.05, 3.63) is 72.3 Å². The Kier molecular flexibility index (Phi) is 6.46. The molecule has 1 aliphatic heterocycles. The topological polar surface area (TPSA) is 125 Å². The molecule has 180 valence electrons. The summed E-state index contributed by atoms with van der Waals surface area (Å²) in [7, 11) is -3.06. The molecule has 0 saturated carbocycles. The molecule has 35 heavy (non-hydrogen) atoms. The van der Waals surface area contributed by atoms with Crippen LogP contribution in [-0.4, -0.2) is 70.5 Å². The Morgan fingerprint density at radius 3 is 2.54 bits per heavy atom. The van der Waals surface area contributed by atoms with Crippen LogP contribution in [0.1, 0.15) is 22.1 Å². The number of aromatic nitrogens is 3. The molecule has 1 aromatic carbocycles. The highest BCUT2D eigenvalue weighted by Gasteiger charge is 2.26. The number of pyridine rings is 1. The van der Waals surface area contributed by atoms with Crippen molar-refractivity contribution in [3.63, 3.8) is 0 Å². The van der Waals surface area contributed by atoms with Gasteiger partial charge in [0.1, 0.15) is 17.8 Å². The predicted molar refractivity (Wildman–Crippen MR) is 135 cm³/mol. The number of aliphatic hydroxyl groups excluding tert-OH is 1. The number of rotatable bonds is 6. The summed E-state index contributed by atoms with van der Waals surface area (Å²) in [6.07, 6.45) is 3.12. The highest BCUT2D eigenvalue weighted by atomic mass is 32.2. The Balaban J connectivity index is 1.36. The highest BCUT2D eigenvalue weighted by molar-refractivity contribution is 7.91. The number of nitrogens with one attached hydrogen (secondary N) is 1. The lowest BCUT2D eigenvalue weighted by Crippen LogP contribution is -2.43. The number of hydrogen-bond donors (Lipinski definition) is 2. The van der Waals surface area contributed by atoms with E-state index in [2.05, 4.69) is 20.3 Å². The van der Waals surface area contributed by atoms with Crippen molar-refractivity contribution >= 4 is 43.1 Å². The minimum absolute atomic E-state index is 0.0164. The molecule has 0 unspecified atom stereocenters. The van der Waals surface area contributed by atoms with Crippen LogP contribution in [0.25, 0.3) is 20.7 Å². The first kappa shape index (κ1) is 23.3. The van der Waals surface area contributed by atoms with Crippen LogP contribution < -0.4 is 5.32 Å². The maximum absolute atomic E-state index is 12.7. The summed E-state index contributed by atoms with van der Waals surface area (Å²) < 4.78 is 24.1. The van der Waals surface area contributed by atoms with E-state index in [9.17, 15) is 18.3 Å². The molecule has 1 amide bonds. The van der Waals surface area contributed by atoms with Crippen molar-refractivity contribution in [1.29, 1.82) is 0 Å². The van der Waals surface area contributed by atoms with Gasteiger partial charge in [-0.15, -0.1) is 11.3 Å². The summed E-state index contributed by atoms with van der Waals surface area (Å²) in [6, 6.07) is 14.8. The number of aliphatic hydroxyl groups is 1. The molecule has 3 aromatic heterocycles. The van der Waals surface area contributed by atoms with E-state index in [1.165, 1.54) is 22.6 Å². The van der Waals surface area contributed by atoms with Crippen LogP contribution in [0, 0.1) is 0 Å². The molecule has 9 nitrogen and oxygen atoms in total. The highest BCUT2D eigenvalue weighted by Crippen LogP contribution is 2.36. The quantitative estimate of drug-likeness (QED) is 0.406. The number of hydrogen-bond acceptors (Lipinski definition) is 9. The van der Waals surface area contributed by atoms with Gasteiger partial charge in [0.2, 0.25) is 0 Å². The number of amides is 1. The van der Waals surface area contributed by atoms with Gasteiger partial charge >= 0.3 is 0 Å². The minimum Gasteiger partial charge on any atom is -0.394 e. The third-order valence-electron chi connectivity index (χ3n) is 5.91. The van der Waals surface area contributed by atoms with E-state index in [1.54, 1.807) is 12.3 Å². The Morgan fingerprint density at radius 1 is 1.09 bits per heavy atom. The second-order valence-corrected chi connectivity index (χ2v) is 11.6. The Labute approximate surface area is 206 Å². The number of carbonyl (C=O) groups excluding carboxylic acids is 1. The molecule has 1 atom stereocenters. The number of nitrogens with zero attached hydrogens (tertiary/aromatic N) is 4. The normalized spacial score (nSPS) is 16.2. The van der Waals surface area contributed by atoms with E-state index < -0.39 is 9.84 Å². The predicted octanol–water partition coefficient (Wildman–Crippen LogP) is 2.77. The van der Waals surface area contributed by atoms with E-state index >= 15 is 0 Å². The maximum atomic E-state index is 12.7. The Bertz CT molecular complexity index is 1440. The van der Waals surface area contributed by atoms with Crippen LogP contribution in [0.15, 0.2) is 61.1 Å². The molecule has 0 bridgehead atoms. The lowest BCUT2D eigenvalue weighted by molar-refractivity contribution is 0.0764. The zero-order valence-electron chi connectivity index (χ0n) is 18.7. The van der Waals surface area contributed by atoms with Crippen molar-refractivity contribution in [1.82, 2.24) is 19.9 Å². The maximum Gasteiger partial charge on any atom is 0.272 e. The van der Waals surface area contributed by atoms with Crippen LogP contribution >= 0.6 is 11.3 Å². The summed E-state index contributed by atoms with van der Waals surface area (Å²) >= 11 is 1.50. The van der Waals surface area contributed by atoms with E-state index in [4.69, 9.17) is 0 Å². The van der Waals surface area contributed by atoms with Gasteiger partial charge < -0.3 is 15.3 Å². The fourth-order valence-corrected chi connectivity index (χ4v) is 6.18. The number of fused-ring (bicyclic) bond motifs is 1. The SMILES string of the molecule is O=C(c1ccc(-c2cc3ncnc(N[C@H](CO)c4ccccc4)c3s2)cn1)N1CCS(=O)(=O)CC1. The van der Waals surface area contributed by atoms with Gasteiger partial charge in [0, 0.05) is 29.7 Å². The molecular formula is C24H23N5O4S2. The van der Waals surface area contributed by atoms with Crippen LogP contribution in [0.2, 0.25) is 0 Å². The van der Waals surface area contributed by atoms with Gasteiger partial charge in [-0.25, -0.2) is 18.4 Å². The Morgan fingerprint density at radius 2 is 1.86 bits per heavy atom. The summed E-state index contributed by atoms with van der Waals surface area (Å²) in [6.45, 7) is 0.288. The Hall–Kier alpha value is -3.41. The third-order valence-corrected chi connectivity index (χ3v) is 8.69. The van der Waals surface area contributed by atoms with Gasteiger partial charge in [-0.05, 0) is 23.8 Å². The molecule has 4 aromatic rings. The van der Waals surface area contributed by atoms with Crippen LogP contribution in [0.5, 0.6) is 0 Å². The van der Waals surface area contributed by atoms with E-state index in [0.29, 0.717) is 5.82 Å². The molecule has 2 N–H and O–H groups in total. The zero-order valence-corrected chi connectivity index (χ0v) is 20.3. The molecule has 0 spiro atoms. The van der Waals surface area contributed by atoms with Crippen molar-refractivity contribution in [3.8, 4) is 10.4 Å². The average molecular weight is 510 g/mol. The number of carbonyl (C=O) groups is 1. The van der Waals surface area contributed by atoms with Crippen LogP contribution in [0.3, 0.4) is 0 Å². The number of anilines is 1. The third kappa shape index (κ3) is 5.02. The minimum atomic E-state index is -3.06. The molecule has 5 rings (SSSR count). The summed E-state index contributed by atoms with van der Waals surface area (Å²) in [4.78, 5) is 28.3. The lowest BCUT2D eigenvalue weighted by Gasteiger charge is -2.26. The summed E-state index contributed by atoms with van der Waals surface area (Å²) in [5.41, 5.74) is 2.83. The lowest BCUT2D eigenvalue weighted by atomic mass is 10.1. The molecule has 1 aliphatic rings. The zero-order chi connectivity index (χ0) is 24.4. The molecule has 0 aliphatic carbocycles.